The fraction of sp³-hybridized carbons (Fsp3) is 0.531. The van der Waals surface area contributed by atoms with Crippen LogP contribution in [0.15, 0.2) is 48.5 Å². The normalized spacial score (nSPS) is 12.8. The molecule has 2 aromatic rings. The van der Waals surface area contributed by atoms with Gasteiger partial charge in [0.2, 0.25) is 5.91 Å². The van der Waals surface area contributed by atoms with Gasteiger partial charge in [-0.25, -0.2) is 4.79 Å². The summed E-state index contributed by atoms with van der Waals surface area (Å²) in [7, 11) is 1.56. The first-order chi connectivity index (χ1) is 19.3. The monoisotopic (exact) mass is 569 g/mol. The molecule has 41 heavy (non-hydrogen) atoms. The standard InChI is InChI=1S/C32H47N3O6/c1-8-9-10-11-20-35(30(38)27(21-22(2)3)34-31(39)41-32(4,5)6)28(23-12-16-25(36)17-13-23)29(37)33-24-14-18-26(40-7)19-15-24/h12-19,22,27-28,36H,8-11,20-21H2,1-7H3,(H,33,37)(H,34,39). The highest BCUT2D eigenvalue weighted by Gasteiger charge is 2.36. The first-order valence-electron chi connectivity index (χ1n) is 14.4. The number of carbonyl (C=O) groups is 3. The van der Waals surface area contributed by atoms with E-state index in [-0.39, 0.29) is 17.6 Å². The quantitative estimate of drug-likeness (QED) is 0.226. The molecule has 0 aliphatic heterocycles. The predicted octanol–water partition coefficient (Wildman–Crippen LogP) is 6.43. The molecule has 3 N–H and O–H groups in total. The lowest BCUT2D eigenvalue weighted by molar-refractivity contribution is -0.141. The fourth-order valence-electron chi connectivity index (χ4n) is 4.43. The molecular weight excluding hydrogens is 522 g/mol. The molecule has 9 heteroatoms. The molecule has 9 nitrogen and oxygen atoms in total. The number of anilines is 1. The van der Waals surface area contributed by atoms with Crippen molar-refractivity contribution in [3.05, 3.63) is 54.1 Å². The van der Waals surface area contributed by atoms with Crippen molar-refractivity contribution >= 4 is 23.6 Å². The van der Waals surface area contributed by atoms with Gasteiger partial charge in [0.1, 0.15) is 29.2 Å². The van der Waals surface area contributed by atoms with E-state index in [1.807, 2.05) is 13.8 Å². The van der Waals surface area contributed by atoms with Crippen molar-refractivity contribution in [1.29, 1.82) is 0 Å². The third-order valence-corrected chi connectivity index (χ3v) is 6.36. The fourth-order valence-corrected chi connectivity index (χ4v) is 4.43. The van der Waals surface area contributed by atoms with E-state index >= 15 is 0 Å². The van der Waals surface area contributed by atoms with Crippen molar-refractivity contribution in [2.45, 2.75) is 91.3 Å². The van der Waals surface area contributed by atoms with E-state index in [0.717, 1.165) is 19.3 Å². The van der Waals surface area contributed by atoms with E-state index in [2.05, 4.69) is 17.6 Å². The Kier molecular flexibility index (Phi) is 13.0. The highest BCUT2D eigenvalue weighted by molar-refractivity contribution is 5.99. The van der Waals surface area contributed by atoms with Crippen LogP contribution in [0.2, 0.25) is 0 Å². The van der Waals surface area contributed by atoms with Crippen LogP contribution < -0.4 is 15.4 Å². The lowest BCUT2D eigenvalue weighted by Gasteiger charge is -2.35. The molecule has 0 aliphatic rings. The number of hydrogen-bond acceptors (Lipinski definition) is 6. The van der Waals surface area contributed by atoms with E-state index < -0.39 is 29.7 Å². The SMILES string of the molecule is CCCCCCN(C(=O)C(CC(C)C)NC(=O)OC(C)(C)C)C(C(=O)Nc1ccc(OC)cc1)c1ccc(O)cc1. The second-order valence-corrected chi connectivity index (χ2v) is 11.6. The topological polar surface area (TPSA) is 117 Å². The number of hydrogen-bond donors (Lipinski definition) is 3. The summed E-state index contributed by atoms with van der Waals surface area (Å²) in [6.45, 7) is 11.6. The molecule has 0 spiro atoms. The van der Waals surface area contributed by atoms with E-state index in [9.17, 15) is 19.5 Å². The van der Waals surface area contributed by atoms with Crippen LogP contribution in [0.3, 0.4) is 0 Å². The summed E-state index contributed by atoms with van der Waals surface area (Å²) >= 11 is 0. The van der Waals surface area contributed by atoms with Crippen molar-refractivity contribution in [2.24, 2.45) is 5.92 Å². The number of nitrogens with one attached hydrogen (secondary N) is 2. The van der Waals surface area contributed by atoms with Crippen molar-refractivity contribution in [3.8, 4) is 11.5 Å². The second-order valence-electron chi connectivity index (χ2n) is 11.6. The minimum absolute atomic E-state index is 0.0492. The van der Waals surface area contributed by atoms with Gasteiger partial charge in [0, 0.05) is 12.2 Å². The number of benzene rings is 2. The average Bonchev–Trinajstić information content (AvgIpc) is 2.89. The Morgan fingerprint density at radius 1 is 0.951 bits per heavy atom. The maximum absolute atomic E-state index is 14.3. The molecule has 0 heterocycles. The van der Waals surface area contributed by atoms with Gasteiger partial charge in [-0.3, -0.25) is 9.59 Å². The highest BCUT2D eigenvalue weighted by atomic mass is 16.6. The third kappa shape index (κ3) is 11.3. The average molecular weight is 570 g/mol. The van der Waals surface area contributed by atoms with Gasteiger partial charge in [0.15, 0.2) is 0 Å². The molecule has 2 rings (SSSR count). The van der Waals surface area contributed by atoms with Crippen LogP contribution in [-0.4, -0.2) is 53.2 Å². The zero-order valence-corrected chi connectivity index (χ0v) is 25.5. The van der Waals surface area contributed by atoms with Crippen molar-refractivity contribution in [3.63, 3.8) is 0 Å². The number of methoxy groups -OCH3 is 1. The van der Waals surface area contributed by atoms with E-state index in [1.165, 1.54) is 12.1 Å². The Balaban J connectivity index is 2.51. The van der Waals surface area contributed by atoms with Gasteiger partial charge in [-0.1, -0.05) is 52.2 Å². The Labute approximate surface area is 244 Å². The van der Waals surface area contributed by atoms with Crippen LogP contribution in [0.5, 0.6) is 11.5 Å². The molecule has 0 bridgehead atoms. The molecule has 0 saturated carbocycles. The third-order valence-electron chi connectivity index (χ3n) is 6.36. The Morgan fingerprint density at radius 3 is 2.12 bits per heavy atom. The Bertz CT molecular complexity index is 1110. The molecule has 0 aliphatic carbocycles. The molecule has 0 fully saturated rings. The summed E-state index contributed by atoms with van der Waals surface area (Å²) in [4.78, 5) is 42.5. The van der Waals surface area contributed by atoms with Gasteiger partial charge in [-0.05, 0) is 81.5 Å². The van der Waals surface area contributed by atoms with Gasteiger partial charge in [0.05, 0.1) is 7.11 Å². The summed E-state index contributed by atoms with van der Waals surface area (Å²) in [6.07, 6.45) is 3.26. The highest BCUT2D eigenvalue weighted by Crippen LogP contribution is 2.28. The molecule has 2 unspecified atom stereocenters. The zero-order valence-electron chi connectivity index (χ0n) is 25.5. The smallest absolute Gasteiger partial charge is 0.408 e. The largest absolute Gasteiger partial charge is 0.508 e. The Hall–Kier alpha value is -3.75. The van der Waals surface area contributed by atoms with Crippen molar-refractivity contribution in [2.75, 3.05) is 19.0 Å². The number of carbonyl (C=O) groups excluding carboxylic acids is 3. The molecule has 0 radical (unpaired) electrons. The van der Waals surface area contributed by atoms with Gasteiger partial charge < -0.3 is 30.1 Å². The van der Waals surface area contributed by atoms with Crippen LogP contribution in [-0.2, 0) is 14.3 Å². The summed E-state index contributed by atoms with van der Waals surface area (Å²) in [6, 6.07) is 11.3. The minimum atomic E-state index is -1.01. The predicted molar refractivity (Wildman–Crippen MR) is 161 cm³/mol. The van der Waals surface area contributed by atoms with Crippen LogP contribution in [0.1, 0.15) is 85.3 Å². The van der Waals surface area contributed by atoms with Gasteiger partial charge in [-0.15, -0.1) is 0 Å². The van der Waals surface area contributed by atoms with Crippen LogP contribution in [0.4, 0.5) is 10.5 Å². The molecule has 0 aromatic heterocycles. The molecule has 0 saturated heterocycles. The van der Waals surface area contributed by atoms with E-state index in [0.29, 0.717) is 36.4 Å². The first-order valence-corrected chi connectivity index (χ1v) is 14.4. The van der Waals surface area contributed by atoms with Crippen LogP contribution in [0, 0.1) is 5.92 Å². The first kappa shape index (κ1) is 33.5. The summed E-state index contributed by atoms with van der Waals surface area (Å²) in [5, 5.41) is 15.6. The van der Waals surface area contributed by atoms with Gasteiger partial charge >= 0.3 is 6.09 Å². The maximum atomic E-state index is 14.3. The molecule has 3 amide bonds. The number of alkyl carbamates (subject to hydrolysis) is 1. The number of nitrogens with zero attached hydrogens (tertiary/aromatic N) is 1. The number of phenols is 1. The second kappa shape index (κ2) is 15.9. The number of unbranched alkanes of at least 4 members (excludes halogenated alkanes) is 3. The van der Waals surface area contributed by atoms with Crippen molar-refractivity contribution in [1.82, 2.24) is 10.2 Å². The van der Waals surface area contributed by atoms with E-state index in [1.54, 1.807) is 69.2 Å². The molecule has 2 atom stereocenters. The molecule has 226 valence electrons. The number of phenolic OH excluding ortho intramolecular Hbond substituents is 1. The number of ether oxygens (including phenoxy) is 2. The minimum Gasteiger partial charge on any atom is -0.508 e. The summed E-state index contributed by atoms with van der Waals surface area (Å²) in [5.74, 6) is -0.000860. The number of rotatable bonds is 14. The number of aromatic hydroxyl groups is 1. The lowest BCUT2D eigenvalue weighted by Crippen LogP contribution is -2.53. The molecule has 2 aromatic carbocycles. The van der Waals surface area contributed by atoms with E-state index in [4.69, 9.17) is 9.47 Å². The lowest BCUT2D eigenvalue weighted by atomic mass is 9.98. The Morgan fingerprint density at radius 2 is 1.59 bits per heavy atom. The van der Waals surface area contributed by atoms with Crippen LogP contribution in [0.25, 0.3) is 0 Å². The summed E-state index contributed by atoms with van der Waals surface area (Å²) in [5.41, 5.74) is 0.351. The molecular formula is C32H47N3O6. The van der Waals surface area contributed by atoms with Gasteiger partial charge in [-0.2, -0.15) is 0 Å². The van der Waals surface area contributed by atoms with Crippen molar-refractivity contribution < 1.29 is 29.0 Å². The zero-order chi connectivity index (χ0) is 30.6. The van der Waals surface area contributed by atoms with Gasteiger partial charge in [0.25, 0.3) is 5.91 Å². The maximum Gasteiger partial charge on any atom is 0.408 e. The van der Waals surface area contributed by atoms with Crippen LogP contribution >= 0.6 is 0 Å². The summed E-state index contributed by atoms with van der Waals surface area (Å²) < 4.78 is 10.7. The number of amides is 3.